The summed E-state index contributed by atoms with van der Waals surface area (Å²) in [7, 11) is 0. The third-order valence-corrected chi connectivity index (χ3v) is 4.98. The van der Waals surface area contributed by atoms with E-state index < -0.39 is 0 Å². The summed E-state index contributed by atoms with van der Waals surface area (Å²) in [5.74, 6) is 0.179. The predicted octanol–water partition coefficient (Wildman–Crippen LogP) is 3.38. The summed E-state index contributed by atoms with van der Waals surface area (Å²) in [4.78, 5) is 13.4. The van der Waals surface area contributed by atoms with E-state index in [0.717, 1.165) is 24.6 Å². The minimum Gasteiger partial charge on any atom is -0.353 e. The number of halogens is 1. The first-order valence-electron chi connectivity index (χ1n) is 6.31. The predicted molar refractivity (Wildman–Crippen MR) is 80.4 cm³/mol. The first kappa shape index (κ1) is 13.9. The van der Waals surface area contributed by atoms with Crippen molar-refractivity contribution in [3.8, 4) is 0 Å². The molecule has 0 saturated carbocycles. The molecule has 1 amide bonds. The fourth-order valence-corrected chi connectivity index (χ4v) is 3.65. The van der Waals surface area contributed by atoms with Crippen LogP contribution in [0.15, 0.2) is 29.2 Å². The van der Waals surface area contributed by atoms with E-state index in [9.17, 15) is 4.79 Å². The Balaban J connectivity index is 1.85. The van der Waals surface area contributed by atoms with Crippen molar-refractivity contribution in [2.24, 2.45) is 0 Å². The lowest BCUT2D eigenvalue weighted by molar-refractivity contribution is -0.121. The van der Waals surface area contributed by atoms with Gasteiger partial charge in [0.05, 0.1) is 5.25 Å². The van der Waals surface area contributed by atoms with Gasteiger partial charge >= 0.3 is 0 Å². The topological polar surface area (TPSA) is 29.1 Å². The van der Waals surface area contributed by atoms with E-state index in [-0.39, 0.29) is 17.2 Å². The van der Waals surface area contributed by atoms with E-state index in [0.29, 0.717) is 0 Å². The molecule has 0 radical (unpaired) electrons. The van der Waals surface area contributed by atoms with Crippen LogP contribution in [0, 0.1) is 0 Å². The van der Waals surface area contributed by atoms with Crippen LogP contribution in [0.3, 0.4) is 0 Å². The van der Waals surface area contributed by atoms with Crippen LogP contribution >= 0.6 is 27.7 Å². The lowest BCUT2D eigenvalue weighted by atomic mass is 10.1. The van der Waals surface area contributed by atoms with Gasteiger partial charge in [-0.05, 0) is 37.8 Å². The number of carbonyl (C=O) groups is 1. The van der Waals surface area contributed by atoms with E-state index in [1.54, 1.807) is 11.8 Å². The Morgan fingerprint density at radius 1 is 1.56 bits per heavy atom. The van der Waals surface area contributed by atoms with Gasteiger partial charge in [-0.15, -0.1) is 11.8 Å². The zero-order valence-electron chi connectivity index (χ0n) is 10.5. The first-order valence-corrected chi connectivity index (χ1v) is 8.31. The largest absolute Gasteiger partial charge is 0.353 e. The minimum absolute atomic E-state index is 0.0498. The molecule has 1 N–H and O–H groups in total. The zero-order chi connectivity index (χ0) is 13.0. The smallest absolute Gasteiger partial charge is 0.234 e. The Kier molecular flexibility index (Phi) is 5.13. The fourth-order valence-electron chi connectivity index (χ4n) is 2.12. The maximum atomic E-state index is 12.1. The van der Waals surface area contributed by atoms with Crippen LogP contribution in [0.25, 0.3) is 0 Å². The van der Waals surface area contributed by atoms with Gasteiger partial charge in [-0.1, -0.05) is 34.1 Å². The lowest BCUT2D eigenvalue weighted by Gasteiger charge is -2.16. The molecule has 2 rings (SSSR count). The summed E-state index contributed by atoms with van der Waals surface area (Å²) < 4.78 is 0. The Hall–Kier alpha value is -0.480. The molecule has 18 heavy (non-hydrogen) atoms. The molecular weight excluding hydrogens is 310 g/mol. The van der Waals surface area contributed by atoms with Crippen LogP contribution in [0.4, 0.5) is 0 Å². The SMILES string of the molecule is CC(CCCBr)NC(=O)C1Cc2ccccc2S1. The van der Waals surface area contributed by atoms with Crippen molar-refractivity contribution in [3.63, 3.8) is 0 Å². The van der Waals surface area contributed by atoms with Gasteiger partial charge in [0, 0.05) is 16.3 Å². The third kappa shape index (κ3) is 3.51. The lowest BCUT2D eigenvalue weighted by Crippen LogP contribution is -2.38. The number of hydrogen-bond donors (Lipinski definition) is 1. The quantitative estimate of drug-likeness (QED) is 0.840. The standard InChI is InChI=1S/C14H18BrNOS/c1-10(5-4-8-15)16-14(17)13-9-11-6-2-3-7-12(11)18-13/h2-3,6-7,10,13H,4-5,8-9H2,1H3,(H,16,17). The van der Waals surface area contributed by atoms with Crippen molar-refractivity contribution in [1.29, 1.82) is 0 Å². The van der Waals surface area contributed by atoms with Gasteiger partial charge in [-0.2, -0.15) is 0 Å². The minimum atomic E-state index is 0.0498. The molecule has 0 aliphatic carbocycles. The molecule has 1 aromatic carbocycles. The molecule has 0 fully saturated rings. The van der Waals surface area contributed by atoms with Crippen LogP contribution in [0.5, 0.6) is 0 Å². The van der Waals surface area contributed by atoms with Crippen LogP contribution in [0.2, 0.25) is 0 Å². The Labute approximate surface area is 121 Å². The number of carbonyl (C=O) groups excluding carboxylic acids is 1. The maximum absolute atomic E-state index is 12.1. The van der Waals surface area contributed by atoms with E-state index >= 15 is 0 Å². The average molecular weight is 328 g/mol. The molecule has 1 aromatic rings. The van der Waals surface area contributed by atoms with Crippen molar-refractivity contribution in [2.75, 3.05) is 5.33 Å². The second-order valence-electron chi connectivity index (χ2n) is 4.66. The van der Waals surface area contributed by atoms with Crippen molar-refractivity contribution < 1.29 is 4.79 Å². The summed E-state index contributed by atoms with van der Waals surface area (Å²) >= 11 is 5.10. The summed E-state index contributed by atoms with van der Waals surface area (Å²) in [6.07, 6.45) is 2.98. The normalized spacial score (nSPS) is 19.3. The Morgan fingerprint density at radius 2 is 2.33 bits per heavy atom. The maximum Gasteiger partial charge on any atom is 0.234 e. The number of amides is 1. The molecule has 0 bridgehead atoms. The molecule has 4 heteroatoms. The molecule has 2 nitrogen and oxygen atoms in total. The van der Waals surface area contributed by atoms with Gasteiger partial charge in [0.25, 0.3) is 0 Å². The van der Waals surface area contributed by atoms with Gasteiger partial charge in [0.15, 0.2) is 0 Å². The molecule has 98 valence electrons. The Bertz CT molecular complexity index is 399. The van der Waals surface area contributed by atoms with Gasteiger partial charge in [-0.3, -0.25) is 4.79 Å². The third-order valence-electron chi connectivity index (χ3n) is 3.10. The molecule has 1 heterocycles. The molecule has 0 saturated heterocycles. The van der Waals surface area contributed by atoms with E-state index in [2.05, 4.69) is 40.3 Å². The number of rotatable bonds is 5. The number of benzene rings is 1. The molecule has 2 unspecified atom stereocenters. The highest BCUT2D eigenvalue weighted by Gasteiger charge is 2.28. The fraction of sp³-hybridized carbons (Fsp3) is 0.500. The van der Waals surface area contributed by atoms with Crippen molar-refractivity contribution in [1.82, 2.24) is 5.32 Å². The summed E-state index contributed by atoms with van der Waals surface area (Å²) in [6, 6.07) is 8.55. The second kappa shape index (κ2) is 6.62. The Morgan fingerprint density at radius 3 is 3.06 bits per heavy atom. The van der Waals surface area contributed by atoms with Gasteiger partial charge < -0.3 is 5.32 Å². The molecule has 1 aliphatic rings. The van der Waals surface area contributed by atoms with Gasteiger partial charge in [0.1, 0.15) is 0 Å². The van der Waals surface area contributed by atoms with Crippen LogP contribution in [-0.4, -0.2) is 22.5 Å². The van der Waals surface area contributed by atoms with Gasteiger partial charge in [0.2, 0.25) is 5.91 Å². The highest BCUT2D eigenvalue weighted by atomic mass is 79.9. The number of thioether (sulfide) groups is 1. The monoisotopic (exact) mass is 327 g/mol. The summed E-state index contributed by atoms with van der Waals surface area (Å²) in [5, 5.41) is 4.16. The second-order valence-corrected chi connectivity index (χ2v) is 6.70. The molecular formula is C14H18BrNOS. The number of nitrogens with one attached hydrogen (secondary N) is 1. The summed E-state index contributed by atoms with van der Waals surface area (Å²) in [6.45, 7) is 2.08. The van der Waals surface area contributed by atoms with Crippen LogP contribution < -0.4 is 5.32 Å². The van der Waals surface area contributed by atoms with Crippen LogP contribution in [0.1, 0.15) is 25.3 Å². The highest BCUT2D eigenvalue weighted by molar-refractivity contribution is 9.09. The average Bonchev–Trinajstić information content (AvgIpc) is 2.80. The van der Waals surface area contributed by atoms with Crippen LogP contribution in [-0.2, 0) is 11.2 Å². The first-order chi connectivity index (χ1) is 8.70. The molecule has 0 aromatic heterocycles. The highest BCUT2D eigenvalue weighted by Crippen LogP contribution is 2.36. The number of hydrogen-bond acceptors (Lipinski definition) is 2. The van der Waals surface area contributed by atoms with E-state index in [4.69, 9.17) is 0 Å². The van der Waals surface area contributed by atoms with Gasteiger partial charge in [-0.25, -0.2) is 0 Å². The van der Waals surface area contributed by atoms with E-state index in [1.807, 2.05) is 12.1 Å². The van der Waals surface area contributed by atoms with Crippen molar-refractivity contribution in [2.45, 2.75) is 42.4 Å². The zero-order valence-corrected chi connectivity index (χ0v) is 12.9. The number of fused-ring (bicyclic) bond motifs is 1. The molecule has 1 aliphatic heterocycles. The molecule has 0 spiro atoms. The number of alkyl halides is 1. The van der Waals surface area contributed by atoms with Crippen molar-refractivity contribution in [3.05, 3.63) is 29.8 Å². The summed E-state index contributed by atoms with van der Waals surface area (Å²) in [5.41, 5.74) is 1.30. The molecule has 2 atom stereocenters. The van der Waals surface area contributed by atoms with E-state index in [1.165, 1.54) is 10.5 Å². The van der Waals surface area contributed by atoms with Crippen molar-refractivity contribution >= 4 is 33.6 Å².